The molecule has 2 atom stereocenters. The van der Waals surface area contributed by atoms with Crippen LogP contribution in [0, 0.1) is 3.57 Å². The third-order valence-corrected chi connectivity index (χ3v) is 2.84. The maximum atomic E-state index is 9.28. The van der Waals surface area contributed by atoms with Crippen molar-refractivity contribution in [3.63, 3.8) is 0 Å². The molecule has 0 saturated carbocycles. The Bertz CT molecular complexity index is 304. The van der Waals surface area contributed by atoms with Gasteiger partial charge in [-0.05, 0) is 47.2 Å². The van der Waals surface area contributed by atoms with Crippen molar-refractivity contribution in [2.45, 2.75) is 19.1 Å². The quantitative estimate of drug-likeness (QED) is 0.824. The zero-order valence-corrected chi connectivity index (χ0v) is 10.1. The van der Waals surface area contributed by atoms with E-state index in [0.717, 1.165) is 9.13 Å². The molecule has 0 bridgehead atoms. The number of halogens is 2. The zero-order valence-electron chi connectivity index (χ0n) is 7.17. The van der Waals surface area contributed by atoms with E-state index in [9.17, 15) is 5.11 Å². The Labute approximate surface area is 96.2 Å². The molecule has 72 valence electrons. The fourth-order valence-electron chi connectivity index (χ4n) is 1.03. The normalized spacial score (nSPS) is 15.5. The molecule has 0 fully saturated rings. The Kier molecular flexibility index (Phi) is 3.97. The molecule has 0 aliphatic rings. The Balaban J connectivity index is 3.01. The number of aliphatic hydroxyl groups excluding tert-OH is 1. The van der Waals surface area contributed by atoms with E-state index in [0.29, 0.717) is 5.02 Å². The predicted molar refractivity (Wildman–Crippen MR) is 62.8 cm³/mol. The minimum atomic E-state index is -0.586. The summed E-state index contributed by atoms with van der Waals surface area (Å²) in [4.78, 5) is 0. The van der Waals surface area contributed by atoms with Crippen LogP contribution < -0.4 is 5.73 Å². The van der Waals surface area contributed by atoms with Gasteiger partial charge in [0.05, 0.1) is 12.1 Å². The Morgan fingerprint density at radius 3 is 2.62 bits per heavy atom. The molecule has 0 spiro atoms. The summed E-state index contributed by atoms with van der Waals surface area (Å²) < 4.78 is 1.06. The van der Waals surface area contributed by atoms with Gasteiger partial charge in [0.2, 0.25) is 0 Å². The first-order chi connectivity index (χ1) is 6.02. The monoisotopic (exact) mass is 311 g/mol. The number of rotatable bonds is 2. The third-order valence-electron chi connectivity index (χ3n) is 1.84. The lowest BCUT2D eigenvalue weighted by Gasteiger charge is -2.16. The first-order valence-corrected chi connectivity index (χ1v) is 5.36. The van der Waals surface area contributed by atoms with Gasteiger partial charge in [-0.1, -0.05) is 17.7 Å². The van der Waals surface area contributed by atoms with Crippen LogP contribution >= 0.6 is 34.2 Å². The van der Waals surface area contributed by atoms with Crippen LogP contribution in [0.5, 0.6) is 0 Å². The Morgan fingerprint density at radius 2 is 2.15 bits per heavy atom. The van der Waals surface area contributed by atoms with Crippen LogP contribution in [0.25, 0.3) is 0 Å². The molecule has 13 heavy (non-hydrogen) atoms. The van der Waals surface area contributed by atoms with E-state index in [1.165, 1.54) is 0 Å². The van der Waals surface area contributed by atoms with Gasteiger partial charge in [0.25, 0.3) is 0 Å². The lowest BCUT2D eigenvalue weighted by molar-refractivity contribution is 0.164. The van der Waals surface area contributed by atoms with Gasteiger partial charge in [-0.15, -0.1) is 0 Å². The van der Waals surface area contributed by atoms with Crippen LogP contribution in [0.3, 0.4) is 0 Å². The molecule has 0 amide bonds. The van der Waals surface area contributed by atoms with E-state index in [-0.39, 0.29) is 0 Å². The average molecular weight is 312 g/mol. The van der Waals surface area contributed by atoms with Crippen molar-refractivity contribution < 1.29 is 5.11 Å². The minimum absolute atomic E-state index is 0.413. The molecule has 0 saturated heterocycles. The fraction of sp³-hybridized carbons (Fsp3) is 0.333. The van der Waals surface area contributed by atoms with Gasteiger partial charge in [0, 0.05) is 8.59 Å². The smallest absolute Gasteiger partial charge is 0.0705 e. The molecule has 0 aliphatic heterocycles. The maximum Gasteiger partial charge on any atom is 0.0705 e. The Hall–Kier alpha value is 0.160. The van der Waals surface area contributed by atoms with E-state index in [2.05, 4.69) is 22.6 Å². The first kappa shape index (κ1) is 11.2. The second-order valence-electron chi connectivity index (χ2n) is 2.93. The second-order valence-corrected chi connectivity index (χ2v) is 4.59. The predicted octanol–water partition coefficient (Wildman–Crippen LogP) is 2.33. The molecule has 1 rings (SSSR count). The van der Waals surface area contributed by atoms with E-state index in [4.69, 9.17) is 17.3 Å². The van der Waals surface area contributed by atoms with Crippen molar-refractivity contribution in [2.75, 3.05) is 0 Å². The molecule has 1 aromatic rings. The maximum absolute atomic E-state index is 9.28. The van der Waals surface area contributed by atoms with Crippen LogP contribution in [0.4, 0.5) is 0 Å². The fourth-order valence-corrected chi connectivity index (χ4v) is 2.01. The van der Waals surface area contributed by atoms with Gasteiger partial charge in [0.1, 0.15) is 0 Å². The number of benzene rings is 1. The van der Waals surface area contributed by atoms with Gasteiger partial charge in [0.15, 0.2) is 0 Å². The van der Waals surface area contributed by atoms with Crippen molar-refractivity contribution in [1.82, 2.24) is 0 Å². The van der Waals surface area contributed by atoms with Crippen molar-refractivity contribution >= 4 is 34.2 Å². The van der Waals surface area contributed by atoms with Gasteiger partial charge in [-0.25, -0.2) is 0 Å². The number of nitrogens with two attached hydrogens (primary N) is 1. The minimum Gasteiger partial charge on any atom is -0.391 e. The van der Waals surface area contributed by atoms with E-state index >= 15 is 0 Å². The molecule has 4 heteroatoms. The summed E-state index contributed by atoms with van der Waals surface area (Å²) in [5.74, 6) is 0. The highest BCUT2D eigenvalue weighted by Gasteiger charge is 2.14. The van der Waals surface area contributed by atoms with Crippen molar-refractivity contribution in [3.8, 4) is 0 Å². The number of aliphatic hydroxyl groups is 1. The molecule has 2 nitrogen and oxygen atoms in total. The number of hydrogen-bond acceptors (Lipinski definition) is 2. The first-order valence-electron chi connectivity index (χ1n) is 3.91. The van der Waals surface area contributed by atoms with Crippen LogP contribution in [-0.4, -0.2) is 11.2 Å². The highest BCUT2D eigenvalue weighted by atomic mass is 127. The lowest BCUT2D eigenvalue weighted by atomic mass is 10.0. The molecular formula is C9H11ClINO. The third kappa shape index (κ3) is 2.80. The van der Waals surface area contributed by atoms with Crippen molar-refractivity contribution in [3.05, 3.63) is 32.4 Å². The Morgan fingerprint density at radius 1 is 1.54 bits per heavy atom. The van der Waals surface area contributed by atoms with E-state index < -0.39 is 12.1 Å². The van der Waals surface area contributed by atoms with Crippen LogP contribution in [0.2, 0.25) is 5.02 Å². The highest BCUT2D eigenvalue weighted by molar-refractivity contribution is 14.1. The zero-order chi connectivity index (χ0) is 10.0. The van der Waals surface area contributed by atoms with Gasteiger partial charge in [-0.3, -0.25) is 0 Å². The summed E-state index contributed by atoms with van der Waals surface area (Å²) >= 11 is 8.15. The summed E-state index contributed by atoms with van der Waals surface area (Å²) in [6.07, 6.45) is -0.586. The average Bonchev–Trinajstić information content (AvgIpc) is 2.03. The SMILES string of the molecule is CC(O)C(N)c1ccc(I)cc1Cl. The van der Waals surface area contributed by atoms with Crippen LogP contribution in [0.15, 0.2) is 18.2 Å². The number of hydrogen-bond donors (Lipinski definition) is 2. The molecule has 3 N–H and O–H groups in total. The van der Waals surface area contributed by atoms with Crippen molar-refractivity contribution in [2.24, 2.45) is 5.73 Å². The molecular weight excluding hydrogens is 300 g/mol. The van der Waals surface area contributed by atoms with Crippen LogP contribution in [0.1, 0.15) is 18.5 Å². The summed E-state index contributed by atoms with van der Waals surface area (Å²) in [6, 6.07) is 5.19. The summed E-state index contributed by atoms with van der Waals surface area (Å²) in [5, 5.41) is 9.89. The molecule has 0 heterocycles. The van der Waals surface area contributed by atoms with Crippen LogP contribution in [-0.2, 0) is 0 Å². The molecule has 2 unspecified atom stereocenters. The van der Waals surface area contributed by atoms with Crippen molar-refractivity contribution in [1.29, 1.82) is 0 Å². The lowest BCUT2D eigenvalue weighted by Crippen LogP contribution is -2.23. The van der Waals surface area contributed by atoms with E-state index in [1.54, 1.807) is 6.92 Å². The largest absolute Gasteiger partial charge is 0.391 e. The highest BCUT2D eigenvalue weighted by Crippen LogP contribution is 2.25. The molecule has 0 aliphatic carbocycles. The van der Waals surface area contributed by atoms with Gasteiger partial charge >= 0.3 is 0 Å². The second kappa shape index (κ2) is 4.59. The molecule has 0 aromatic heterocycles. The summed E-state index contributed by atoms with van der Waals surface area (Å²) in [5.41, 5.74) is 6.54. The van der Waals surface area contributed by atoms with Gasteiger partial charge in [-0.2, -0.15) is 0 Å². The standard InChI is InChI=1S/C9H11ClINO/c1-5(13)9(12)7-3-2-6(11)4-8(7)10/h2-5,9,13H,12H2,1H3. The molecule has 1 aromatic carbocycles. The van der Waals surface area contributed by atoms with Gasteiger partial charge < -0.3 is 10.8 Å². The summed E-state index contributed by atoms with van der Waals surface area (Å²) in [6.45, 7) is 1.65. The van der Waals surface area contributed by atoms with E-state index in [1.807, 2.05) is 18.2 Å². The summed E-state index contributed by atoms with van der Waals surface area (Å²) in [7, 11) is 0. The topological polar surface area (TPSA) is 46.2 Å². The molecule has 0 radical (unpaired) electrons.